The minimum absolute atomic E-state index is 0.0303. The number of nitrogens with zero attached hydrogens (tertiary/aromatic N) is 4. The number of nitrogen functional groups attached to an aromatic ring is 1. The predicted molar refractivity (Wildman–Crippen MR) is 119 cm³/mol. The minimum Gasteiger partial charge on any atom is -0.485 e. The van der Waals surface area contributed by atoms with Crippen molar-refractivity contribution in [1.29, 1.82) is 0 Å². The minimum atomic E-state index is 0.0303. The molecular weight excluding hydrogens is 398 g/mol. The van der Waals surface area contributed by atoms with Crippen LogP contribution in [0.2, 0.25) is 0 Å². The van der Waals surface area contributed by atoms with Crippen LogP contribution in [0.3, 0.4) is 0 Å². The molecule has 1 heterocycles. The van der Waals surface area contributed by atoms with Crippen molar-refractivity contribution in [3.05, 3.63) is 71.0 Å². The summed E-state index contributed by atoms with van der Waals surface area (Å²) >= 11 is 1.28. The van der Waals surface area contributed by atoms with E-state index in [4.69, 9.17) is 10.6 Å². The standard InChI is InChI=1S/C22H27N5O2S/c1-4-26(13-18-11-6-5-7-12-18)20(28)15-30-22-25-24-19(27(22)23)14-29-21-16(2)9-8-10-17(21)3/h5-12H,4,13-15,23H2,1-3H3. The molecule has 3 aromatic rings. The molecule has 0 atom stereocenters. The van der Waals surface area contributed by atoms with E-state index >= 15 is 0 Å². The zero-order valence-corrected chi connectivity index (χ0v) is 18.4. The second kappa shape index (κ2) is 10.2. The molecule has 30 heavy (non-hydrogen) atoms. The second-order valence-electron chi connectivity index (χ2n) is 6.96. The van der Waals surface area contributed by atoms with E-state index in [9.17, 15) is 4.79 Å². The van der Waals surface area contributed by atoms with E-state index in [0.29, 0.717) is 24.1 Å². The van der Waals surface area contributed by atoms with Crippen LogP contribution in [0, 0.1) is 13.8 Å². The number of rotatable bonds is 9. The number of hydrogen-bond acceptors (Lipinski definition) is 6. The lowest BCUT2D eigenvalue weighted by Crippen LogP contribution is -2.31. The molecule has 3 rings (SSSR count). The average Bonchev–Trinajstić information content (AvgIpc) is 3.10. The van der Waals surface area contributed by atoms with Gasteiger partial charge in [-0.05, 0) is 37.5 Å². The van der Waals surface area contributed by atoms with E-state index < -0.39 is 0 Å². The summed E-state index contributed by atoms with van der Waals surface area (Å²) in [6.07, 6.45) is 0. The van der Waals surface area contributed by atoms with E-state index in [0.717, 1.165) is 22.4 Å². The van der Waals surface area contributed by atoms with Crippen LogP contribution < -0.4 is 10.6 Å². The molecule has 0 aliphatic heterocycles. The Hall–Kier alpha value is -3.00. The Kier molecular flexibility index (Phi) is 7.35. The highest BCUT2D eigenvalue weighted by molar-refractivity contribution is 7.99. The van der Waals surface area contributed by atoms with Gasteiger partial charge in [-0.15, -0.1) is 10.2 Å². The summed E-state index contributed by atoms with van der Waals surface area (Å²) in [5, 5.41) is 8.72. The molecule has 8 heteroatoms. The van der Waals surface area contributed by atoms with Gasteiger partial charge in [0.2, 0.25) is 11.1 Å². The Bertz CT molecular complexity index is 970. The van der Waals surface area contributed by atoms with Gasteiger partial charge < -0.3 is 15.5 Å². The smallest absolute Gasteiger partial charge is 0.233 e. The maximum Gasteiger partial charge on any atom is 0.233 e. The number of thioether (sulfide) groups is 1. The summed E-state index contributed by atoms with van der Waals surface area (Å²) in [4.78, 5) is 14.4. The first-order chi connectivity index (χ1) is 14.5. The van der Waals surface area contributed by atoms with Crippen LogP contribution in [0.5, 0.6) is 5.75 Å². The van der Waals surface area contributed by atoms with E-state index in [2.05, 4.69) is 10.2 Å². The first-order valence-electron chi connectivity index (χ1n) is 9.82. The van der Waals surface area contributed by atoms with Crippen molar-refractivity contribution in [1.82, 2.24) is 19.8 Å². The Balaban J connectivity index is 1.57. The summed E-state index contributed by atoms with van der Waals surface area (Å²) in [6, 6.07) is 15.9. The monoisotopic (exact) mass is 425 g/mol. The van der Waals surface area contributed by atoms with Gasteiger partial charge in [-0.2, -0.15) is 0 Å². The first-order valence-corrected chi connectivity index (χ1v) is 10.8. The molecule has 0 unspecified atom stereocenters. The van der Waals surface area contributed by atoms with E-state index in [1.54, 1.807) is 0 Å². The Morgan fingerprint density at radius 3 is 2.47 bits per heavy atom. The van der Waals surface area contributed by atoms with Gasteiger partial charge in [-0.3, -0.25) is 4.79 Å². The number of aryl methyl sites for hydroxylation is 2. The van der Waals surface area contributed by atoms with Gasteiger partial charge in [0.15, 0.2) is 5.82 Å². The number of carbonyl (C=O) groups excluding carboxylic acids is 1. The summed E-state index contributed by atoms with van der Waals surface area (Å²) in [7, 11) is 0. The summed E-state index contributed by atoms with van der Waals surface area (Å²) in [5.41, 5.74) is 3.21. The topological polar surface area (TPSA) is 86.3 Å². The Morgan fingerprint density at radius 1 is 1.10 bits per heavy atom. The maximum atomic E-state index is 12.6. The van der Waals surface area contributed by atoms with E-state index in [1.807, 2.05) is 74.2 Å². The third-order valence-electron chi connectivity index (χ3n) is 4.76. The van der Waals surface area contributed by atoms with Crippen molar-refractivity contribution < 1.29 is 9.53 Å². The third kappa shape index (κ3) is 5.33. The normalized spacial score (nSPS) is 10.8. The van der Waals surface area contributed by atoms with Gasteiger partial charge in [-0.25, -0.2) is 4.68 Å². The molecule has 2 aromatic carbocycles. The lowest BCUT2D eigenvalue weighted by molar-refractivity contribution is -0.128. The number of aromatic nitrogens is 3. The molecule has 1 aromatic heterocycles. The molecular formula is C22H27N5O2S. The van der Waals surface area contributed by atoms with Gasteiger partial charge in [0.25, 0.3) is 0 Å². The molecule has 0 fully saturated rings. The van der Waals surface area contributed by atoms with Crippen molar-refractivity contribution >= 4 is 17.7 Å². The molecule has 0 aliphatic rings. The van der Waals surface area contributed by atoms with Crippen LogP contribution in [-0.2, 0) is 17.9 Å². The Morgan fingerprint density at radius 2 is 1.80 bits per heavy atom. The van der Waals surface area contributed by atoms with Crippen LogP contribution in [0.1, 0.15) is 29.4 Å². The van der Waals surface area contributed by atoms with Gasteiger partial charge in [0, 0.05) is 13.1 Å². The lowest BCUT2D eigenvalue weighted by atomic mass is 10.1. The average molecular weight is 426 g/mol. The number of hydrogen-bond donors (Lipinski definition) is 1. The molecule has 7 nitrogen and oxygen atoms in total. The van der Waals surface area contributed by atoms with Gasteiger partial charge >= 0.3 is 0 Å². The molecule has 0 spiro atoms. The summed E-state index contributed by atoms with van der Waals surface area (Å²) < 4.78 is 7.30. The summed E-state index contributed by atoms with van der Waals surface area (Å²) in [6.45, 7) is 7.40. The molecule has 0 aliphatic carbocycles. The molecule has 0 saturated carbocycles. The number of amides is 1. The molecule has 1 amide bonds. The molecule has 0 bridgehead atoms. The highest BCUT2D eigenvalue weighted by atomic mass is 32.2. The van der Waals surface area contributed by atoms with Crippen molar-refractivity contribution in [3.63, 3.8) is 0 Å². The highest BCUT2D eigenvalue weighted by Gasteiger charge is 2.17. The summed E-state index contributed by atoms with van der Waals surface area (Å²) in [5.74, 6) is 7.73. The fourth-order valence-electron chi connectivity index (χ4n) is 3.07. The quantitative estimate of drug-likeness (QED) is 0.418. The van der Waals surface area contributed by atoms with Gasteiger partial charge in [0.1, 0.15) is 12.4 Å². The van der Waals surface area contributed by atoms with Crippen LogP contribution >= 0.6 is 11.8 Å². The molecule has 0 saturated heterocycles. The maximum absolute atomic E-state index is 12.6. The number of carbonyl (C=O) groups is 1. The number of benzene rings is 2. The van der Waals surface area contributed by atoms with E-state index in [-0.39, 0.29) is 18.3 Å². The van der Waals surface area contributed by atoms with Crippen LogP contribution in [0.25, 0.3) is 0 Å². The highest BCUT2D eigenvalue weighted by Crippen LogP contribution is 2.23. The zero-order valence-electron chi connectivity index (χ0n) is 17.5. The van der Waals surface area contributed by atoms with Gasteiger partial charge in [0.05, 0.1) is 5.75 Å². The predicted octanol–water partition coefficient (Wildman–Crippen LogP) is 3.33. The third-order valence-corrected chi connectivity index (χ3v) is 5.69. The Labute approximate surface area is 181 Å². The molecule has 2 N–H and O–H groups in total. The van der Waals surface area contributed by atoms with E-state index in [1.165, 1.54) is 16.4 Å². The van der Waals surface area contributed by atoms with Crippen LogP contribution in [-0.4, -0.2) is 38.0 Å². The van der Waals surface area contributed by atoms with Crippen LogP contribution in [0.4, 0.5) is 0 Å². The van der Waals surface area contributed by atoms with Crippen molar-refractivity contribution in [2.75, 3.05) is 18.1 Å². The van der Waals surface area contributed by atoms with Crippen molar-refractivity contribution in [2.24, 2.45) is 0 Å². The zero-order chi connectivity index (χ0) is 21.5. The van der Waals surface area contributed by atoms with Crippen molar-refractivity contribution in [2.45, 2.75) is 39.1 Å². The lowest BCUT2D eigenvalue weighted by Gasteiger charge is -2.20. The number of ether oxygens (including phenoxy) is 1. The number of para-hydroxylation sites is 1. The van der Waals surface area contributed by atoms with Crippen LogP contribution in [0.15, 0.2) is 53.7 Å². The number of nitrogens with two attached hydrogens (primary N) is 1. The van der Waals surface area contributed by atoms with Gasteiger partial charge in [-0.1, -0.05) is 60.3 Å². The largest absolute Gasteiger partial charge is 0.485 e. The SMILES string of the molecule is CCN(Cc1ccccc1)C(=O)CSc1nnc(COc2c(C)cccc2C)n1N. The fourth-order valence-corrected chi connectivity index (χ4v) is 3.84. The second-order valence-corrected chi connectivity index (χ2v) is 7.90. The fraction of sp³-hybridized carbons (Fsp3) is 0.318. The molecule has 158 valence electrons. The first kappa shape index (κ1) is 21.7. The molecule has 0 radical (unpaired) electrons. The van der Waals surface area contributed by atoms with Crippen molar-refractivity contribution in [3.8, 4) is 5.75 Å².